The standard InChI is InChI=1S/C9H13NO3S/c10-14(11,12)8-4-7-13-9-5-2-1-3-6-9/h1-3,5-6H,4,7-8H2,(H2,10,11,12). The molecule has 78 valence electrons. The minimum absolute atomic E-state index is 0.0418. The van der Waals surface area contributed by atoms with Gasteiger partial charge in [-0.3, -0.25) is 0 Å². The first-order chi connectivity index (χ1) is 6.58. The first-order valence-corrected chi connectivity index (χ1v) is 5.98. The van der Waals surface area contributed by atoms with Crippen LogP contribution in [-0.4, -0.2) is 20.8 Å². The lowest BCUT2D eigenvalue weighted by Gasteiger charge is -2.04. The van der Waals surface area contributed by atoms with E-state index in [0.717, 1.165) is 5.75 Å². The summed E-state index contributed by atoms with van der Waals surface area (Å²) in [6.07, 6.45) is 0.410. The van der Waals surface area contributed by atoms with Crippen molar-refractivity contribution in [3.8, 4) is 5.75 Å². The molecule has 0 amide bonds. The molecule has 2 N–H and O–H groups in total. The fourth-order valence-corrected chi connectivity index (χ4v) is 1.49. The average molecular weight is 215 g/mol. The molecule has 0 aliphatic carbocycles. The second kappa shape index (κ2) is 4.97. The van der Waals surface area contributed by atoms with Crippen LogP contribution in [0.2, 0.25) is 0 Å². The molecule has 1 aromatic rings. The van der Waals surface area contributed by atoms with Crippen molar-refractivity contribution in [2.75, 3.05) is 12.4 Å². The van der Waals surface area contributed by atoms with E-state index in [1.165, 1.54) is 0 Å². The Labute approximate surface area is 83.7 Å². The molecule has 4 nitrogen and oxygen atoms in total. The predicted molar refractivity (Wildman–Crippen MR) is 54.5 cm³/mol. The Morgan fingerprint density at radius 2 is 1.86 bits per heavy atom. The molecule has 0 aliphatic rings. The number of para-hydroxylation sites is 1. The van der Waals surface area contributed by atoms with Crippen molar-refractivity contribution in [2.24, 2.45) is 5.14 Å². The molecule has 0 unspecified atom stereocenters. The second-order valence-electron chi connectivity index (χ2n) is 2.88. The van der Waals surface area contributed by atoms with E-state index < -0.39 is 10.0 Å². The molecule has 0 saturated carbocycles. The molecular weight excluding hydrogens is 202 g/mol. The lowest BCUT2D eigenvalue weighted by Crippen LogP contribution is -2.18. The number of benzene rings is 1. The normalized spacial score (nSPS) is 11.2. The van der Waals surface area contributed by atoms with Crippen molar-refractivity contribution in [3.63, 3.8) is 0 Å². The second-order valence-corrected chi connectivity index (χ2v) is 4.62. The Balaban J connectivity index is 2.23. The van der Waals surface area contributed by atoms with Crippen LogP contribution in [0.25, 0.3) is 0 Å². The van der Waals surface area contributed by atoms with Gasteiger partial charge in [-0.15, -0.1) is 0 Å². The van der Waals surface area contributed by atoms with Gasteiger partial charge in [-0.2, -0.15) is 0 Å². The SMILES string of the molecule is NS(=O)(=O)CCCOc1ccccc1. The molecule has 0 bridgehead atoms. The molecule has 14 heavy (non-hydrogen) atoms. The van der Waals surface area contributed by atoms with Crippen molar-refractivity contribution >= 4 is 10.0 Å². The molecule has 0 spiro atoms. The highest BCUT2D eigenvalue weighted by atomic mass is 32.2. The fraction of sp³-hybridized carbons (Fsp3) is 0.333. The van der Waals surface area contributed by atoms with Gasteiger partial charge in [0.2, 0.25) is 10.0 Å². The van der Waals surface area contributed by atoms with Crippen LogP contribution in [0.15, 0.2) is 30.3 Å². The number of hydrogen-bond donors (Lipinski definition) is 1. The number of nitrogens with two attached hydrogens (primary N) is 1. The monoisotopic (exact) mass is 215 g/mol. The van der Waals surface area contributed by atoms with Crippen LogP contribution in [0.5, 0.6) is 5.75 Å². The third-order valence-corrected chi connectivity index (χ3v) is 2.44. The fourth-order valence-electron chi connectivity index (χ4n) is 0.967. The van der Waals surface area contributed by atoms with Crippen molar-refractivity contribution in [3.05, 3.63) is 30.3 Å². The highest BCUT2D eigenvalue weighted by Crippen LogP contribution is 2.08. The summed E-state index contributed by atoms with van der Waals surface area (Å²) in [6.45, 7) is 0.362. The van der Waals surface area contributed by atoms with Crippen LogP contribution in [0.1, 0.15) is 6.42 Å². The number of primary sulfonamides is 1. The minimum atomic E-state index is -3.36. The molecule has 0 radical (unpaired) electrons. The summed E-state index contributed by atoms with van der Waals surface area (Å²) in [4.78, 5) is 0. The molecule has 5 heteroatoms. The molecule has 1 rings (SSSR count). The Hall–Kier alpha value is -1.07. The van der Waals surface area contributed by atoms with Gasteiger partial charge in [0.1, 0.15) is 5.75 Å². The summed E-state index contributed by atoms with van der Waals surface area (Å²) >= 11 is 0. The van der Waals surface area contributed by atoms with Gasteiger partial charge in [-0.1, -0.05) is 18.2 Å². The molecule has 0 saturated heterocycles. The quantitative estimate of drug-likeness (QED) is 0.737. The van der Waals surface area contributed by atoms with E-state index in [0.29, 0.717) is 13.0 Å². The molecule has 0 heterocycles. The van der Waals surface area contributed by atoms with Crippen LogP contribution in [0.3, 0.4) is 0 Å². The Bertz CT molecular complexity index is 361. The van der Waals surface area contributed by atoms with Crippen molar-refractivity contribution in [2.45, 2.75) is 6.42 Å². The van der Waals surface area contributed by atoms with E-state index >= 15 is 0 Å². The summed E-state index contributed by atoms with van der Waals surface area (Å²) in [6, 6.07) is 9.23. The predicted octanol–water partition coefficient (Wildman–Crippen LogP) is 0.744. The van der Waals surface area contributed by atoms with Crippen LogP contribution in [0, 0.1) is 0 Å². The van der Waals surface area contributed by atoms with Gasteiger partial charge in [0.15, 0.2) is 0 Å². The molecule has 0 atom stereocenters. The lowest BCUT2D eigenvalue weighted by molar-refractivity contribution is 0.317. The number of hydrogen-bond acceptors (Lipinski definition) is 3. The maximum Gasteiger partial charge on any atom is 0.209 e. The van der Waals surface area contributed by atoms with Gasteiger partial charge in [-0.25, -0.2) is 13.6 Å². The summed E-state index contributed by atoms with van der Waals surface area (Å²) in [5.74, 6) is 0.696. The molecule has 0 aromatic heterocycles. The van der Waals surface area contributed by atoms with Gasteiger partial charge >= 0.3 is 0 Å². The van der Waals surface area contributed by atoms with E-state index in [9.17, 15) is 8.42 Å². The van der Waals surface area contributed by atoms with Gasteiger partial charge < -0.3 is 4.74 Å². The lowest BCUT2D eigenvalue weighted by atomic mass is 10.3. The zero-order chi connectivity index (χ0) is 10.4. The van der Waals surface area contributed by atoms with Gasteiger partial charge in [0, 0.05) is 0 Å². The smallest absolute Gasteiger partial charge is 0.209 e. The maximum absolute atomic E-state index is 10.6. The largest absolute Gasteiger partial charge is 0.494 e. The van der Waals surface area contributed by atoms with E-state index in [1.54, 1.807) is 0 Å². The van der Waals surface area contributed by atoms with E-state index in [-0.39, 0.29) is 5.75 Å². The average Bonchev–Trinajstić information content (AvgIpc) is 2.13. The van der Waals surface area contributed by atoms with Crippen molar-refractivity contribution in [1.82, 2.24) is 0 Å². The minimum Gasteiger partial charge on any atom is -0.494 e. The number of ether oxygens (including phenoxy) is 1. The molecule has 1 aromatic carbocycles. The Kier molecular flexibility index (Phi) is 3.91. The summed E-state index contributed by atoms with van der Waals surface area (Å²) in [7, 11) is -3.36. The highest BCUT2D eigenvalue weighted by Gasteiger charge is 2.01. The summed E-state index contributed by atoms with van der Waals surface area (Å²) in [5, 5.41) is 4.83. The molecule has 0 aliphatic heterocycles. The summed E-state index contributed by atoms with van der Waals surface area (Å²) < 4.78 is 26.4. The van der Waals surface area contributed by atoms with Crippen LogP contribution in [-0.2, 0) is 10.0 Å². The first kappa shape index (κ1) is 11.0. The Morgan fingerprint density at radius 3 is 2.43 bits per heavy atom. The van der Waals surface area contributed by atoms with E-state index in [4.69, 9.17) is 9.88 Å². The van der Waals surface area contributed by atoms with Crippen LogP contribution in [0.4, 0.5) is 0 Å². The van der Waals surface area contributed by atoms with E-state index in [1.807, 2.05) is 30.3 Å². The van der Waals surface area contributed by atoms with E-state index in [2.05, 4.69) is 0 Å². The topological polar surface area (TPSA) is 69.4 Å². The molecular formula is C9H13NO3S. The van der Waals surface area contributed by atoms with Crippen LogP contribution < -0.4 is 9.88 Å². The van der Waals surface area contributed by atoms with Gasteiger partial charge in [0.25, 0.3) is 0 Å². The van der Waals surface area contributed by atoms with Gasteiger partial charge in [0.05, 0.1) is 12.4 Å². The first-order valence-electron chi connectivity index (χ1n) is 4.26. The third kappa shape index (κ3) is 4.84. The number of rotatable bonds is 5. The number of sulfonamides is 1. The molecule has 0 fully saturated rings. The Morgan fingerprint density at radius 1 is 1.21 bits per heavy atom. The van der Waals surface area contributed by atoms with Crippen molar-refractivity contribution < 1.29 is 13.2 Å². The zero-order valence-electron chi connectivity index (χ0n) is 7.72. The van der Waals surface area contributed by atoms with Crippen LogP contribution >= 0.6 is 0 Å². The maximum atomic E-state index is 10.6. The van der Waals surface area contributed by atoms with Crippen molar-refractivity contribution in [1.29, 1.82) is 0 Å². The highest BCUT2D eigenvalue weighted by molar-refractivity contribution is 7.89. The van der Waals surface area contributed by atoms with Gasteiger partial charge in [-0.05, 0) is 18.6 Å². The third-order valence-electron chi connectivity index (χ3n) is 1.59. The summed E-state index contributed by atoms with van der Waals surface area (Å²) in [5.41, 5.74) is 0. The zero-order valence-corrected chi connectivity index (χ0v) is 8.53.